The lowest BCUT2D eigenvalue weighted by Gasteiger charge is -2.22. The highest BCUT2D eigenvalue weighted by Gasteiger charge is 2.35. The molecule has 0 spiro atoms. The molecule has 1 aliphatic heterocycles. The molecular weight excluding hydrogens is 253 g/mol. The summed E-state index contributed by atoms with van der Waals surface area (Å²) in [6, 6.07) is 2.55. The highest BCUT2D eigenvalue weighted by Crippen LogP contribution is 2.32. The lowest BCUT2D eigenvalue weighted by atomic mass is 9.96. The minimum atomic E-state index is -4.53. The molecule has 0 fully saturated rings. The first-order chi connectivity index (χ1) is 8.29. The number of ether oxygens (including phenoxy) is 1. The number of carboxylic acid groups (broad SMARTS) is 1. The van der Waals surface area contributed by atoms with Gasteiger partial charge in [0, 0.05) is 6.42 Å². The summed E-state index contributed by atoms with van der Waals surface area (Å²) in [5, 5.41) is 8.71. The maximum atomic E-state index is 12.5. The van der Waals surface area contributed by atoms with E-state index in [2.05, 4.69) is 4.74 Å². The Balaban J connectivity index is 2.43. The normalized spacial score (nSPS) is 19.1. The van der Waals surface area contributed by atoms with Gasteiger partial charge < -0.3 is 9.84 Å². The van der Waals surface area contributed by atoms with Crippen molar-refractivity contribution in [2.75, 3.05) is 0 Å². The van der Waals surface area contributed by atoms with Crippen LogP contribution < -0.4 is 0 Å². The molecule has 7 heteroatoms. The van der Waals surface area contributed by atoms with Crippen LogP contribution in [-0.4, -0.2) is 23.1 Å². The SMILES string of the molecule is O=C1OC(C(=O)O)Cc2cc(C(F)(F)F)ccc21. The Kier molecular flexibility index (Phi) is 2.76. The molecule has 0 bridgehead atoms. The van der Waals surface area contributed by atoms with Crippen molar-refractivity contribution < 1.29 is 32.6 Å². The smallest absolute Gasteiger partial charge is 0.416 e. The molecule has 1 N–H and O–H groups in total. The number of carbonyl (C=O) groups excluding carboxylic acids is 1. The van der Waals surface area contributed by atoms with E-state index in [0.717, 1.165) is 18.2 Å². The molecule has 0 radical (unpaired) electrons. The second-order valence-corrected chi connectivity index (χ2v) is 3.81. The highest BCUT2D eigenvalue weighted by molar-refractivity contribution is 5.94. The molecule has 0 saturated heterocycles. The van der Waals surface area contributed by atoms with Crippen LogP contribution in [0.1, 0.15) is 21.5 Å². The number of carbonyl (C=O) groups is 2. The number of cyclic esters (lactones) is 1. The van der Waals surface area contributed by atoms with Gasteiger partial charge in [-0.2, -0.15) is 13.2 Å². The number of carboxylic acids is 1. The predicted octanol–water partition coefficient (Wildman–Crippen LogP) is 1.87. The zero-order chi connectivity index (χ0) is 13.5. The molecule has 1 aromatic rings. The van der Waals surface area contributed by atoms with Crippen LogP contribution in [0, 0.1) is 0 Å². The van der Waals surface area contributed by atoms with E-state index in [-0.39, 0.29) is 17.5 Å². The molecule has 1 unspecified atom stereocenters. The second kappa shape index (κ2) is 4.01. The summed E-state index contributed by atoms with van der Waals surface area (Å²) in [6.07, 6.45) is -6.23. The highest BCUT2D eigenvalue weighted by atomic mass is 19.4. The van der Waals surface area contributed by atoms with Gasteiger partial charge >= 0.3 is 18.1 Å². The van der Waals surface area contributed by atoms with E-state index in [1.54, 1.807) is 0 Å². The van der Waals surface area contributed by atoms with Crippen LogP contribution in [0.4, 0.5) is 13.2 Å². The average molecular weight is 260 g/mol. The van der Waals surface area contributed by atoms with Gasteiger partial charge in [0.25, 0.3) is 0 Å². The van der Waals surface area contributed by atoms with Gasteiger partial charge in [0.1, 0.15) is 0 Å². The molecule has 0 aromatic heterocycles. The summed E-state index contributed by atoms with van der Waals surface area (Å²) in [5.74, 6) is -2.30. The van der Waals surface area contributed by atoms with Gasteiger partial charge in [-0.3, -0.25) is 0 Å². The largest absolute Gasteiger partial charge is 0.478 e. The third-order valence-corrected chi connectivity index (χ3v) is 2.58. The number of aliphatic carboxylic acids is 1. The minimum Gasteiger partial charge on any atom is -0.478 e. The molecule has 0 amide bonds. The van der Waals surface area contributed by atoms with E-state index in [1.165, 1.54) is 0 Å². The van der Waals surface area contributed by atoms with Crippen LogP contribution in [0.3, 0.4) is 0 Å². The maximum Gasteiger partial charge on any atom is 0.416 e. The number of alkyl halides is 3. The zero-order valence-electron chi connectivity index (χ0n) is 8.82. The molecule has 1 aromatic carbocycles. The maximum absolute atomic E-state index is 12.5. The summed E-state index contributed by atoms with van der Waals surface area (Å²) in [7, 11) is 0. The number of hydrogen-bond acceptors (Lipinski definition) is 3. The molecule has 1 heterocycles. The van der Waals surface area contributed by atoms with Crippen LogP contribution in [0.25, 0.3) is 0 Å². The topological polar surface area (TPSA) is 63.6 Å². The Labute approximate surface area is 99.0 Å². The molecule has 1 atom stereocenters. The zero-order valence-corrected chi connectivity index (χ0v) is 8.82. The number of hydrogen-bond donors (Lipinski definition) is 1. The van der Waals surface area contributed by atoms with Gasteiger partial charge in [0.05, 0.1) is 11.1 Å². The van der Waals surface area contributed by atoms with Gasteiger partial charge in [-0.25, -0.2) is 9.59 Å². The third-order valence-electron chi connectivity index (χ3n) is 2.58. The van der Waals surface area contributed by atoms with Gasteiger partial charge in [0.2, 0.25) is 6.10 Å². The lowest BCUT2D eigenvalue weighted by Crippen LogP contribution is -2.34. The first-order valence-corrected chi connectivity index (χ1v) is 4.93. The molecule has 0 saturated carbocycles. The molecule has 1 aliphatic rings. The van der Waals surface area contributed by atoms with Crippen LogP contribution >= 0.6 is 0 Å². The van der Waals surface area contributed by atoms with E-state index in [0.29, 0.717) is 0 Å². The Morgan fingerprint density at radius 1 is 1.39 bits per heavy atom. The van der Waals surface area contributed by atoms with Crippen molar-refractivity contribution in [3.8, 4) is 0 Å². The molecule has 4 nitrogen and oxygen atoms in total. The number of benzene rings is 1. The van der Waals surface area contributed by atoms with Crippen LogP contribution in [0.2, 0.25) is 0 Å². The second-order valence-electron chi connectivity index (χ2n) is 3.81. The molecule has 18 heavy (non-hydrogen) atoms. The lowest BCUT2D eigenvalue weighted by molar-refractivity contribution is -0.147. The van der Waals surface area contributed by atoms with Crippen LogP contribution in [0.15, 0.2) is 18.2 Å². The Bertz CT molecular complexity index is 522. The standard InChI is InChI=1S/C11H7F3O4/c12-11(13,14)6-1-2-7-5(3-6)4-8(9(15)16)18-10(7)17/h1-3,8H,4H2,(H,15,16). The first kappa shape index (κ1) is 12.4. The Hall–Kier alpha value is -2.05. The number of esters is 1. The number of fused-ring (bicyclic) bond motifs is 1. The van der Waals surface area contributed by atoms with Crippen LogP contribution in [0.5, 0.6) is 0 Å². The average Bonchev–Trinajstić information content (AvgIpc) is 2.26. The summed E-state index contributed by atoms with van der Waals surface area (Å²) in [4.78, 5) is 22.1. The molecule has 0 aliphatic carbocycles. The predicted molar refractivity (Wildman–Crippen MR) is 52.0 cm³/mol. The number of halogens is 3. The van der Waals surface area contributed by atoms with Crippen molar-refractivity contribution in [1.29, 1.82) is 0 Å². The fraction of sp³-hybridized carbons (Fsp3) is 0.273. The summed E-state index contributed by atoms with van der Waals surface area (Å²) >= 11 is 0. The minimum absolute atomic E-state index is 0.0273. The van der Waals surface area contributed by atoms with Crippen molar-refractivity contribution in [3.63, 3.8) is 0 Å². The van der Waals surface area contributed by atoms with Gasteiger partial charge in [-0.15, -0.1) is 0 Å². The quantitative estimate of drug-likeness (QED) is 0.783. The third kappa shape index (κ3) is 2.15. The van der Waals surface area contributed by atoms with Crippen molar-refractivity contribution in [1.82, 2.24) is 0 Å². The summed E-state index contributed by atoms with van der Waals surface area (Å²) in [5.41, 5.74) is -0.908. The van der Waals surface area contributed by atoms with Crippen molar-refractivity contribution in [3.05, 3.63) is 34.9 Å². The van der Waals surface area contributed by atoms with E-state index in [4.69, 9.17) is 5.11 Å². The molecule has 2 rings (SSSR count). The molecule has 96 valence electrons. The van der Waals surface area contributed by atoms with Crippen LogP contribution in [-0.2, 0) is 22.1 Å². The fourth-order valence-corrected chi connectivity index (χ4v) is 1.71. The monoisotopic (exact) mass is 260 g/mol. The van der Waals surface area contributed by atoms with Crippen molar-refractivity contribution in [2.24, 2.45) is 0 Å². The van der Waals surface area contributed by atoms with Gasteiger partial charge in [-0.05, 0) is 23.8 Å². The Morgan fingerprint density at radius 2 is 2.06 bits per heavy atom. The van der Waals surface area contributed by atoms with E-state index < -0.39 is 29.8 Å². The van der Waals surface area contributed by atoms with Crippen molar-refractivity contribution >= 4 is 11.9 Å². The van der Waals surface area contributed by atoms with E-state index in [1.807, 2.05) is 0 Å². The van der Waals surface area contributed by atoms with Crippen molar-refractivity contribution in [2.45, 2.75) is 18.7 Å². The summed E-state index contributed by atoms with van der Waals surface area (Å²) in [6.45, 7) is 0. The van der Waals surface area contributed by atoms with Gasteiger partial charge in [0.15, 0.2) is 0 Å². The summed E-state index contributed by atoms with van der Waals surface area (Å²) < 4.78 is 42.0. The molecular formula is C11H7F3O4. The Morgan fingerprint density at radius 3 is 2.61 bits per heavy atom. The number of rotatable bonds is 1. The van der Waals surface area contributed by atoms with E-state index >= 15 is 0 Å². The first-order valence-electron chi connectivity index (χ1n) is 4.93. The van der Waals surface area contributed by atoms with Gasteiger partial charge in [-0.1, -0.05) is 0 Å². The van der Waals surface area contributed by atoms with E-state index in [9.17, 15) is 22.8 Å². The fourth-order valence-electron chi connectivity index (χ4n) is 1.71.